The molecule has 0 amide bonds. The second-order valence-corrected chi connectivity index (χ2v) is 6.08. The molecular formula is C15H23NO2S. The van der Waals surface area contributed by atoms with Crippen LogP contribution in [0.5, 0.6) is 11.5 Å². The highest BCUT2D eigenvalue weighted by atomic mass is 32.2. The first-order chi connectivity index (χ1) is 9.33. The van der Waals surface area contributed by atoms with Gasteiger partial charge in [-0.05, 0) is 36.3 Å². The first-order valence-electron chi connectivity index (χ1n) is 6.94. The van der Waals surface area contributed by atoms with Gasteiger partial charge in [0.15, 0.2) is 11.5 Å². The van der Waals surface area contributed by atoms with Gasteiger partial charge in [0.25, 0.3) is 0 Å². The molecule has 0 spiro atoms. The van der Waals surface area contributed by atoms with Crippen LogP contribution < -0.4 is 14.8 Å². The van der Waals surface area contributed by atoms with Gasteiger partial charge < -0.3 is 14.8 Å². The first-order valence-corrected chi connectivity index (χ1v) is 8.09. The standard InChI is InChI=1S/C15H23NO2S/c1-3-19-9-8-18-14-7-4-12(10-15(14)17-2)11-16-13-5-6-13/h4,7,10,13,16H,3,5-6,8-9,11H2,1-2H3. The molecule has 0 aromatic heterocycles. The van der Waals surface area contributed by atoms with Crippen molar-refractivity contribution in [3.05, 3.63) is 23.8 Å². The van der Waals surface area contributed by atoms with Crippen LogP contribution >= 0.6 is 11.8 Å². The van der Waals surface area contributed by atoms with E-state index in [0.29, 0.717) is 0 Å². The largest absolute Gasteiger partial charge is 0.493 e. The molecule has 0 heterocycles. The van der Waals surface area contributed by atoms with Crippen molar-refractivity contribution in [3.8, 4) is 11.5 Å². The van der Waals surface area contributed by atoms with E-state index in [2.05, 4.69) is 24.4 Å². The summed E-state index contributed by atoms with van der Waals surface area (Å²) in [4.78, 5) is 0. The van der Waals surface area contributed by atoms with Gasteiger partial charge in [-0.3, -0.25) is 0 Å². The maximum atomic E-state index is 5.76. The molecule has 1 fully saturated rings. The topological polar surface area (TPSA) is 30.5 Å². The molecule has 1 N–H and O–H groups in total. The zero-order chi connectivity index (χ0) is 13.5. The number of benzene rings is 1. The second-order valence-electron chi connectivity index (χ2n) is 4.69. The van der Waals surface area contributed by atoms with Crippen molar-refractivity contribution < 1.29 is 9.47 Å². The Morgan fingerprint density at radius 2 is 2.16 bits per heavy atom. The van der Waals surface area contributed by atoms with Crippen LogP contribution in [0.1, 0.15) is 25.3 Å². The summed E-state index contributed by atoms with van der Waals surface area (Å²) < 4.78 is 11.2. The Bertz CT molecular complexity index is 394. The van der Waals surface area contributed by atoms with Crippen molar-refractivity contribution in [2.24, 2.45) is 0 Å². The number of rotatable bonds is 9. The highest BCUT2D eigenvalue weighted by Gasteiger charge is 2.20. The highest BCUT2D eigenvalue weighted by Crippen LogP contribution is 2.28. The number of methoxy groups -OCH3 is 1. The van der Waals surface area contributed by atoms with Crippen molar-refractivity contribution in [3.63, 3.8) is 0 Å². The molecule has 3 nitrogen and oxygen atoms in total. The van der Waals surface area contributed by atoms with Crippen LogP contribution in [0.15, 0.2) is 18.2 Å². The molecule has 1 saturated carbocycles. The summed E-state index contributed by atoms with van der Waals surface area (Å²) in [6.07, 6.45) is 2.63. The molecule has 1 aliphatic rings. The Labute approximate surface area is 120 Å². The third kappa shape index (κ3) is 4.96. The summed E-state index contributed by atoms with van der Waals surface area (Å²) in [7, 11) is 1.70. The number of hydrogen-bond donors (Lipinski definition) is 1. The van der Waals surface area contributed by atoms with E-state index in [1.807, 2.05) is 17.8 Å². The lowest BCUT2D eigenvalue weighted by molar-refractivity contribution is 0.313. The van der Waals surface area contributed by atoms with Crippen molar-refractivity contribution in [1.82, 2.24) is 5.32 Å². The van der Waals surface area contributed by atoms with Gasteiger partial charge in [0.2, 0.25) is 0 Å². The van der Waals surface area contributed by atoms with Crippen LogP contribution in [-0.4, -0.2) is 31.3 Å². The summed E-state index contributed by atoms with van der Waals surface area (Å²) in [6, 6.07) is 6.92. The summed E-state index contributed by atoms with van der Waals surface area (Å²) in [5.74, 6) is 3.82. The number of ether oxygens (including phenoxy) is 2. The monoisotopic (exact) mass is 281 g/mol. The lowest BCUT2D eigenvalue weighted by Gasteiger charge is -2.12. The number of thioether (sulfide) groups is 1. The van der Waals surface area contributed by atoms with Gasteiger partial charge in [0.05, 0.1) is 13.7 Å². The van der Waals surface area contributed by atoms with Gasteiger partial charge in [-0.25, -0.2) is 0 Å². The van der Waals surface area contributed by atoms with E-state index in [4.69, 9.17) is 9.47 Å². The molecule has 19 heavy (non-hydrogen) atoms. The van der Waals surface area contributed by atoms with Gasteiger partial charge in [0.1, 0.15) is 0 Å². The van der Waals surface area contributed by atoms with E-state index >= 15 is 0 Å². The zero-order valence-corrected chi connectivity index (χ0v) is 12.6. The number of nitrogens with one attached hydrogen (secondary N) is 1. The van der Waals surface area contributed by atoms with E-state index in [9.17, 15) is 0 Å². The van der Waals surface area contributed by atoms with E-state index < -0.39 is 0 Å². The molecule has 0 atom stereocenters. The SMILES string of the molecule is CCSCCOc1ccc(CNC2CC2)cc1OC. The lowest BCUT2D eigenvalue weighted by Crippen LogP contribution is -2.15. The molecule has 4 heteroatoms. The number of hydrogen-bond acceptors (Lipinski definition) is 4. The minimum Gasteiger partial charge on any atom is -0.493 e. The van der Waals surface area contributed by atoms with Crippen LogP contribution in [0, 0.1) is 0 Å². The molecule has 0 saturated heterocycles. The minimum absolute atomic E-state index is 0.730. The molecular weight excluding hydrogens is 258 g/mol. The van der Waals surface area contributed by atoms with Crippen molar-refractivity contribution >= 4 is 11.8 Å². The average molecular weight is 281 g/mol. The molecule has 106 valence electrons. The van der Waals surface area contributed by atoms with E-state index in [0.717, 1.165) is 42.2 Å². The maximum Gasteiger partial charge on any atom is 0.161 e. The normalized spacial score (nSPS) is 14.4. The molecule has 2 rings (SSSR count). The third-order valence-electron chi connectivity index (χ3n) is 3.09. The Morgan fingerprint density at radius 3 is 2.84 bits per heavy atom. The fourth-order valence-corrected chi connectivity index (χ4v) is 2.34. The quantitative estimate of drug-likeness (QED) is 0.705. The zero-order valence-electron chi connectivity index (χ0n) is 11.8. The summed E-state index contributed by atoms with van der Waals surface area (Å²) in [6.45, 7) is 3.80. The summed E-state index contributed by atoms with van der Waals surface area (Å²) in [5, 5.41) is 3.50. The van der Waals surface area contributed by atoms with Crippen LogP contribution in [0.3, 0.4) is 0 Å². The van der Waals surface area contributed by atoms with Gasteiger partial charge in [-0.1, -0.05) is 13.0 Å². The Kier molecular flexibility index (Phi) is 5.86. The predicted molar refractivity (Wildman–Crippen MR) is 81.3 cm³/mol. The van der Waals surface area contributed by atoms with Gasteiger partial charge in [0, 0.05) is 18.3 Å². The van der Waals surface area contributed by atoms with Crippen molar-refractivity contribution in [1.29, 1.82) is 0 Å². The summed E-state index contributed by atoms with van der Waals surface area (Å²) in [5.41, 5.74) is 1.25. The van der Waals surface area contributed by atoms with Crippen molar-refractivity contribution in [2.45, 2.75) is 32.4 Å². The first kappa shape index (κ1) is 14.5. The smallest absolute Gasteiger partial charge is 0.161 e. The Morgan fingerprint density at radius 1 is 1.32 bits per heavy atom. The van der Waals surface area contributed by atoms with Crippen molar-refractivity contribution in [2.75, 3.05) is 25.2 Å². The van der Waals surface area contributed by atoms with Crippen LogP contribution in [0.25, 0.3) is 0 Å². The summed E-state index contributed by atoms with van der Waals surface area (Å²) >= 11 is 1.89. The molecule has 0 aliphatic heterocycles. The predicted octanol–water partition coefficient (Wildman–Crippen LogP) is 3.08. The minimum atomic E-state index is 0.730. The molecule has 1 aliphatic carbocycles. The van der Waals surface area contributed by atoms with Crippen LogP contribution in [-0.2, 0) is 6.54 Å². The van der Waals surface area contributed by atoms with E-state index in [1.165, 1.54) is 18.4 Å². The molecule has 0 radical (unpaired) electrons. The fourth-order valence-electron chi connectivity index (χ4n) is 1.85. The van der Waals surface area contributed by atoms with E-state index in [1.54, 1.807) is 7.11 Å². The highest BCUT2D eigenvalue weighted by molar-refractivity contribution is 7.99. The van der Waals surface area contributed by atoms with Crippen LogP contribution in [0.4, 0.5) is 0 Å². The lowest BCUT2D eigenvalue weighted by atomic mass is 10.2. The van der Waals surface area contributed by atoms with Gasteiger partial charge in [-0.15, -0.1) is 0 Å². The van der Waals surface area contributed by atoms with Gasteiger partial charge >= 0.3 is 0 Å². The Hall–Kier alpha value is -0.870. The second kappa shape index (κ2) is 7.65. The van der Waals surface area contributed by atoms with Crippen LogP contribution in [0.2, 0.25) is 0 Å². The maximum absolute atomic E-state index is 5.76. The fraction of sp³-hybridized carbons (Fsp3) is 0.600. The molecule has 1 aromatic carbocycles. The molecule has 0 unspecified atom stereocenters. The molecule has 1 aromatic rings. The van der Waals surface area contributed by atoms with Gasteiger partial charge in [-0.2, -0.15) is 11.8 Å². The Balaban J connectivity index is 1.86. The average Bonchev–Trinajstić information content (AvgIpc) is 3.26. The third-order valence-corrected chi connectivity index (χ3v) is 3.95. The van der Waals surface area contributed by atoms with E-state index in [-0.39, 0.29) is 0 Å². The molecule has 0 bridgehead atoms.